The van der Waals surface area contributed by atoms with Crippen molar-refractivity contribution in [3.8, 4) is 11.5 Å². The molecule has 1 aromatic carbocycles. The molecule has 2 aromatic rings. The van der Waals surface area contributed by atoms with Crippen LogP contribution in [0.3, 0.4) is 0 Å². The smallest absolute Gasteiger partial charge is 0.145 e. The first kappa shape index (κ1) is 15.9. The summed E-state index contributed by atoms with van der Waals surface area (Å²) in [4.78, 5) is 7.36. The van der Waals surface area contributed by atoms with E-state index in [1.165, 1.54) is 18.4 Å². The third-order valence-electron chi connectivity index (χ3n) is 4.50. The zero-order valence-electron chi connectivity index (χ0n) is 14.6. The van der Waals surface area contributed by atoms with E-state index in [9.17, 15) is 0 Å². The van der Waals surface area contributed by atoms with Crippen LogP contribution in [0.15, 0.2) is 18.2 Å². The lowest BCUT2D eigenvalue weighted by Gasteiger charge is -2.24. The van der Waals surface area contributed by atoms with E-state index >= 15 is 0 Å². The molecule has 0 saturated heterocycles. The van der Waals surface area contributed by atoms with Crippen molar-refractivity contribution in [2.75, 3.05) is 32.2 Å². The van der Waals surface area contributed by atoms with Gasteiger partial charge in [-0.1, -0.05) is 6.92 Å². The van der Waals surface area contributed by atoms with Crippen molar-refractivity contribution in [2.45, 2.75) is 33.1 Å². The predicted molar refractivity (Wildman–Crippen MR) is 94.8 cm³/mol. The topological polar surface area (TPSA) is 34.6 Å². The number of aromatic nitrogens is 1. The first-order chi connectivity index (χ1) is 11.2. The van der Waals surface area contributed by atoms with E-state index in [4.69, 9.17) is 14.5 Å². The maximum absolute atomic E-state index is 5.53. The number of methoxy groups -OCH3 is 2. The Morgan fingerprint density at radius 3 is 2.48 bits per heavy atom. The molecule has 0 spiro atoms. The van der Waals surface area contributed by atoms with Gasteiger partial charge in [0.15, 0.2) is 0 Å². The van der Waals surface area contributed by atoms with Gasteiger partial charge in [0.1, 0.15) is 22.8 Å². The summed E-state index contributed by atoms with van der Waals surface area (Å²) in [6.07, 6.45) is 3.83. The van der Waals surface area contributed by atoms with Crippen LogP contribution in [0.25, 0.3) is 10.9 Å². The second-order valence-corrected chi connectivity index (χ2v) is 6.38. The molecule has 124 valence electrons. The van der Waals surface area contributed by atoms with Gasteiger partial charge in [0.2, 0.25) is 0 Å². The average molecular weight is 314 g/mol. The Labute approximate surface area is 138 Å². The highest BCUT2D eigenvalue weighted by molar-refractivity contribution is 5.94. The number of hydrogen-bond acceptors (Lipinski definition) is 4. The molecule has 0 atom stereocenters. The molecule has 1 aliphatic carbocycles. The normalized spacial score (nSPS) is 14.1. The highest BCUT2D eigenvalue weighted by Crippen LogP contribution is 2.37. The number of pyridine rings is 1. The average Bonchev–Trinajstić information content (AvgIpc) is 3.37. The molecular formula is C19H26N2O2. The van der Waals surface area contributed by atoms with Crippen molar-refractivity contribution < 1.29 is 9.47 Å². The van der Waals surface area contributed by atoms with Crippen molar-refractivity contribution in [3.05, 3.63) is 23.8 Å². The van der Waals surface area contributed by atoms with E-state index in [1.807, 2.05) is 12.1 Å². The molecule has 1 heterocycles. The summed E-state index contributed by atoms with van der Waals surface area (Å²) >= 11 is 0. The van der Waals surface area contributed by atoms with E-state index in [0.29, 0.717) is 0 Å². The minimum Gasteiger partial charge on any atom is -0.496 e. The van der Waals surface area contributed by atoms with Gasteiger partial charge in [-0.25, -0.2) is 4.98 Å². The molecule has 1 fully saturated rings. The quantitative estimate of drug-likeness (QED) is 0.767. The molecule has 0 amide bonds. The van der Waals surface area contributed by atoms with E-state index in [-0.39, 0.29) is 0 Å². The van der Waals surface area contributed by atoms with Crippen LogP contribution < -0.4 is 14.4 Å². The molecule has 1 saturated carbocycles. The van der Waals surface area contributed by atoms with Gasteiger partial charge < -0.3 is 14.4 Å². The van der Waals surface area contributed by atoms with Gasteiger partial charge >= 0.3 is 0 Å². The van der Waals surface area contributed by atoms with Crippen molar-refractivity contribution in [3.63, 3.8) is 0 Å². The van der Waals surface area contributed by atoms with Crippen LogP contribution in [0.4, 0.5) is 5.82 Å². The Bertz CT molecular complexity index is 695. The third-order valence-corrected chi connectivity index (χ3v) is 4.50. The van der Waals surface area contributed by atoms with Crippen molar-refractivity contribution in [1.82, 2.24) is 4.98 Å². The summed E-state index contributed by atoms with van der Waals surface area (Å²) in [6, 6.07) is 6.06. The monoisotopic (exact) mass is 314 g/mol. The van der Waals surface area contributed by atoms with Gasteiger partial charge in [-0.05, 0) is 55.9 Å². The Morgan fingerprint density at radius 1 is 1.17 bits per heavy atom. The van der Waals surface area contributed by atoms with E-state index in [2.05, 4.69) is 24.8 Å². The molecule has 3 rings (SSSR count). The Kier molecular flexibility index (Phi) is 4.60. The fraction of sp³-hybridized carbons (Fsp3) is 0.526. The first-order valence-corrected chi connectivity index (χ1v) is 8.45. The van der Waals surface area contributed by atoms with Gasteiger partial charge in [0, 0.05) is 18.5 Å². The number of ether oxygens (including phenoxy) is 2. The minimum atomic E-state index is 0.800. The van der Waals surface area contributed by atoms with Crippen LogP contribution in [0.2, 0.25) is 0 Å². The van der Waals surface area contributed by atoms with Gasteiger partial charge in [-0.15, -0.1) is 0 Å². The number of benzene rings is 1. The van der Waals surface area contributed by atoms with Gasteiger partial charge in [-0.3, -0.25) is 0 Å². The summed E-state index contributed by atoms with van der Waals surface area (Å²) in [5.74, 6) is 3.54. The second-order valence-electron chi connectivity index (χ2n) is 6.38. The first-order valence-electron chi connectivity index (χ1n) is 8.45. The number of aryl methyl sites for hydroxylation is 1. The standard InChI is InChI=1S/C19H26N2O2/c1-5-10-21(12-14-6-7-14)17-11-13(2)18-15(22-3)8-9-16(23-4)19(18)20-17/h8-9,11,14H,5-7,10,12H2,1-4H3. The van der Waals surface area contributed by atoms with Gasteiger partial charge in [0.25, 0.3) is 0 Å². The summed E-state index contributed by atoms with van der Waals surface area (Å²) in [5, 5.41) is 1.04. The number of fused-ring (bicyclic) bond motifs is 1. The number of anilines is 1. The van der Waals surface area contributed by atoms with Crippen molar-refractivity contribution >= 4 is 16.7 Å². The molecular weight excluding hydrogens is 288 g/mol. The van der Waals surface area contributed by atoms with Crippen molar-refractivity contribution in [2.24, 2.45) is 5.92 Å². The number of rotatable bonds is 7. The van der Waals surface area contributed by atoms with Gasteiger partial charge in [0.05, 0.1) is 14.2 Å². The molecule has 23 heavy (non-hydrogen) atoms. The van der Waals surface area contributed by atoms with Crippen LogP contribution in [-0.2, 0) is 0 Å². The Hall–Kier alpha value is -1.97. The molecule has 0 unspecified atom stereocenters. The van der Waals surface area contributed by atoms with Crippen LogP contribution in [0.1, 0.15) is 31.7 Å². The number of nitrogens with zero attached hydrogens (tertiary/aromatic N) is 2. The lowest BCUT2D eigenvalue weighted by atomic mass is 10.1. The summed E-state index contributed by atoms with van der Waals surface area (Å²) < 4.78 is 11.1. The minimum absolute atomic E-state index is 0.800. The van der Waals surface area contributed by atoms with Crippen molar-refractivity contribution in [1.29, 1.82) is 0 Å². The highest BCUT2D eigenvalue weighted by atomic mass is 16.5. The molecule has 0 N–H and O–H groups in total. The lowest BCUT2D eigenvalue weighted by molar-refractivity contribution is 0.409. The molecule has 1 aromatic heterocycles. The zero-order chi connectivity index (χ0) is 16.4. The highest BCUT2D eigenvalue weighted by Gasteiger charge is 2.25. The molecule has 0 aliphatic heterocycles. The van der Waals surface area contributed by atoms with Crippen LogP contribution in [-0.4, -0.2) is 32.3 Å². The van der Waals surface area contributed by atoms with Crippen LogP contribution >= 0.6 is 0 Å². The lowest BCUT2D eigenvalue weighted by Crippen LogP contribution is -2.27. The third kappa shape index (κ3) is 3.21. The predicted octanol–water partition coefficient (Wildman–Crippen LogP) is 4.19. The SMILES string of the molecule is CCCN(CC1CC1)c1cc(C)c2c(OC)ccc(OC)c2n1. The van der Waals surface area contributed by atoms with Crippen LogP contribution in [0, 0.1) is 12.8 Å². The Balaban J connectivity index is 2.10. The summed E-state index contributed by atoms with van der Waals surface area (Å²) in [7, 11) is 3.39. The Morgan fingerprint density at radius 2 is 1.87 bits per heavy atom. The molecule has 4 heteroatoms. The zero-order valence-corrected chi connectivity index (χ0v) is 14.6. The summed E-state index contributed by atoms with van der Waals surface area (Å²) in [6.45, 7) is 6.49. The number of hydrogen-bond donors (Lipinski definition) is 0. The largest absolute Gasteiger partial charge is 0.496 e. The fourth-order valence-corrected chi connectivity index (χ4v) is 3.14. The molecule has 1 aliphatic rings. The maximum atomic E-state index is 5.53. The van der Waals surface area contributed by atoms with E-state index < -0.39 is 0 Å². The maximum Gasteiger partial charge on any atom is 0.145 e. The van der Waals surface area contributed by atoms with Crippen LogP contribution in [0.5, 0.6) is 11.5 Å². The molecule has 0 bridgehead atoms. The second kappa shape index (κ2) is 6.65. The van der Waals surface area contributed by atoms with E-state index in [0.717, 1.165) is 53.6 Å². The fourth-order valence-electron chi connectivity index (χ4n) is 3.14. The van der Waals surface area contributed by atoms with Gasteiger partial charge in [-0.2, -0.15) is 0 Å². The molecule has 0 radical (unpaired) electrons. The molecule has 4 nitrogen and oxygen atoms in total. The summed E-state index contributed by atoms with van der Waals surface area (Å²) in [5.41, 5.74) is 2.07. The van der Waals surface area contributed by atoms with E-state index in [1.54, 1.807) is 14.2 Å².